The Bertz CT molecular complexity index is 1010. The normalized spacial score (nSPS) is 20.8. The molecule has 0 bridgehead atoms. The first-order valence-electron chi connectivity index (χ1n) is 10.4. The summed E-state index contributed by atoms with van der Waals surface area (Å²) in [6, 6.07) is 12.7. The average Bonchev–Trinajstić information content (AvgIpc) is 3.52. The molecule has 0 radical (unpaired) electrons. The van der Waals surface area contributed by atoms with Crippen molar-refractivity contribution >= 4 is 34.4 Å². The molecule has 2 saturated heterocycles. The predicted octanol–water partition coefficient (Wildman–Crippen LogP) is 4.83. The number of fused-ring (bicyclic) bond motifs is 1. The number of hydrogen-bond acceptors (Lipinski definition) is 4. The molecule has 1 amide bonds. The van der Waals surface area contributed by atoms with Crippen LogP contribution in [0.25, 0.3) is 17.1 Å². The van der Waals surface area contributed by atoms with Crippen LogP contribution in [-0.4, -0.2) is 40.1 Å². The second-order valence-corrected chi connectivity index (χ2v) is 8.71. The Kier molecular flexibility index (Phi) is 5.21. The number of likely N-dealkylation sites (tertiary alicyclic amines) is 1. The molecule has 0 unspecified atom stereocenters. The summed E-state index contributed by atoms with van der Waals surface area (Å²) in [5, 5.41) is 2.02. The number of rotatable bonds is 4. The third-order valence-corrected chi connectivity index (χ3v) is 6.75. The second kappa shape index (κ2) is 8.13. The SMILES string of the molecule is O=C(/C=C/c1cccs1)N1CCC(n2c([C@@H]3CCCO3)nc3ccccc32)CC1. The van der Waals surface area contributed by atoms with Crippen molar-refractivity contribution in [3.8, 4) is 0 Å². The van der Waals surface area contributed by atoms with Gasteiger partial charge in [-0.15, -0.1) is 11.3 Å². The van der Waals surface area contributed by atoms with Crippen LogP contribution in [-0.2, 0) is 9.53 Å². The molecule has 2 fully saturated rings. The van der Waals surface area contributed by atoms with Gasteiger partial charge in [-0.25, -0.2) is 4.98 Å². The number of imidazole rings is 1. The van der Waals surface area contributed by atoms with Gasteiger partial charge in [0, 0.05) is 36.7 Å². The van der Waals surface area contributed by atoms with Crippen LogP contribution < -0.4 is 0 Å². The van der Waals surface area contributed by atoms with Gasteiger partial charge in [-0.3, -0.25) is 4.79 Å². The van der Waals surface area contributed by atoms with E-state index in [9.17, 15) is 4.79 Å². The molecule has 3 aromatic rings. The van der Waals surface area contributed by atoms with Crippen molar-refractivity contribution in [3.63, 3.8) is 0 Å². The molecule has 2 aliphatic rings. The lowest BCUT2D eigenvalue weighted by Crippen LogP contribution is -2.38. The quantitative estimate of drug-likeness (QED) is 0.582. The zero-order valence-corrected chi connectivity index (χ0v) is 17.2. The fourth-order valence-corrected chi connectivity index (χ4v) is 5.06. The van der Waals surface area contributed by atoms with E-state index < -0.39 is 0 Å². The van der Waals surface area contributed by atoms with Crippen molar-refractivity contribution in [3.05, 3.63) is 58.6 Å². The number of carbonyl (C=O) groups excluding carboxylic acids is 1. The van der Waals surface area contributed by atoms with E-state index in [2.05, 4.69) is 22.8 Å². The molecule has 5 rings (SSSR count). The van der Waals surface area contributed by atoms with Crippen LogP contribution in [0.1, 0.15) is 48.5 Å². The van der Waals surface area contributed by atoms with Gasteiger partial charge in [-0.2, -0.15) is 0 Å². The second-order valence-electron chi connectivity index (χ2n) is 7.74. The maximum absolute atomic E-state index is 12.6. The van der Waals surface area contributed by atoms with Gasteiger partial charge < -0.3 is 14.2 Å². The summed E-state index contributed by atoms with van der Waals surface area (Å²) in [6.07, 6.45) is 7.73. The molecule has 29 heavy (non-hydrogen) atoms. The molecule has 0 N–H and O–H groups in total. The lowest BCUT2D eigenvalue weighted by Gasteiger charge is -2.33. The minimum Gasteiger partial charge on any atom is -0.370 e. The van der Waals surface area contributed by atoms with Crippen molar-refractivity contribution in [2.24, 2.45) is 0 Å². The fraction of sp³-hybridized carbons (Fsp3) is 0.391. The molecule has 5 nitrogen and oxygen atoms in total. The van der Waals surface area contributed by atoms with Gasteiger partial charge in [-0.1, -0.05) is 18.2 Å². The van der Waals surface area contributed by atoms with E-state index in [0.29, 0.717) is 6.04 Å². The molecule has 6 heteroatoms. The van der Waals surface area contributed by atoms with Gasteiger partial charge in [0.25, 0.3) is 0 Å². The summed E-state index contributed by atoms with van der Waals surface area (Å²) in [6.45, 7) is 2.36. The van der Waals surface area contributed by atoms with E-state index in [1.54, 1.807) is 17.4 Å². The first-order chi connectivity index (χ1) is 14.3. The number of nitrogens with zero attached hydrogens (tertiary/aromatic N) is 3. The summed E-state index contributed by atoms with van der Waals surface area (Å²) >= 11 is 1.65. The van der Waals surface area contributed by atoms with Crippen LogP contribution in [0.4, 0.5) is 0 Å². The maximum atomic E-state index is 12.6. The highest BCUT2D eigenvalue weighted by atomic mass is 32.1. The minimum absolute atomic E-state index is 0.0933. The van der Waals surface area contributed by atoms with Crippen LogP contribution in [0.5, 0.6) is 0 Å². The third kappa shape index (κ3) is 3.74. The number of piperidine rings is 1. The summed E-state index contributed by atoms with van der Waals surface area (Å²) in [7, 11) is 0. The van der Waals surface area contributed by atoms with Gasteiger partial charge in [0.2, 0.25) is 5.91 Å². The maximum Gasteiger partial charge on any atom is 0.246 e. The van der Waals surface area contributed by atoms with Gasteiger partial charge in [0.1, 0.15) is 11.9 Å². The molecule has 0 spiro atoms. The molecule has 150 valence electrons. The Morgan fingerprint density at radius 2 is 2.00 bits per heavy atom. The molecule has 4 heterocycles. The Morgan fingerprint density at radius 1 is 1.14 bits per heavy atom. The van der Waals surface area contributed by atoms with Crippen molar-refractivity contribution in [1.82, 2.24) is 14.5 Å². The van der Waals surface area contributed by atoms with Gasteiger partial charge >= 0.3 is 0 Å². The monoisotopic (exact) mass is 407 g/mol. The van der Waals surface area contributed by atoms with E-state index >= 15 is 0 Å². The number of aromatic nitrogens is 2. The van der Waals surface area contributed by atoms with E-state index in [1.165, 1.54) is 5.52 Å². The lowest BCUT2D eigenvalue weighted by molar-refractivity contribution is -0.127. The number of thiophene rings is 1. The average molecular weight is 408 g/mol. The van der Waals surface area contributed by atoms with Crippen LogP contribution in [0.3, 0.4) is 0 Å². The van der Waals surface area contributed by atoms with Gasteiger partial charge in [0.15, 0.2) is 0 Å². The van der Waals surface area contributed by atoms with Crippen molar-refractivity contribution in [1.29, 1.82) is 0 Å². The van der Waals surface area contributed by atoms with Crippen molar-refractivity contribution < 1.29 is 9.53 Å². The summed E-state index contributed by atoms with van der Waals surface area (Å²) in [4.78, 5) is 20.6. The van der Waals surface area contributed by atoms with E-state index in [0.717, 1.165) is 61.6 Å². The van der Waals surface area contributed by atoms with Crippen molar-refractivity contribution in [2.45, 2.75) is 37.8 Å². The highest BCUT2D eigenvalue weighted by molar-refractivity contribution is 7.10. The largest absolute Gasteiger partial charge is 0.370 e. The van der Waals surface area contributed by atoms with Gasteiger partial charge in [-0.05, 0) is 55.3 Å². The standard InChI is InChI=1S/C23H25N3O2S/c27-22(10-9-18-5-4-16-29-18)25-13-11-17(12-14-25)26-20-7-2-1-6-19(20)24-23(26)21-8-3-15-28-21/h1-2,4-7,9-10,16-17,21H,3,8,11-15H2/b10-9+/t21-/m0/s1. The smallest absolute Gasteiger partial charge is 0.246 e. The number of ether oxygens (including phenoxy) is 1. The van der Waals surface area contributed by atoms with Crippen LogP contribution in [0.2, 0.25) is 0 Å². The number of benzene rings is 1. The highest BCUT2D eigenvalue weighted by Gasteiger charge is 2.30. The molecule has 1 atom stereocenters. The van der Waals surface area contributed by atoms with E-state index in [-0.39, 0.29) is 12.0 Å². The predicted molar refractivity (Wildman–Crippen MR) is 116 cm³/mol. The molecule has 1 aromatic carbocycles. The number of amides is 1. The molecule has 0 aliphatic carbocycles. The topological polar surface area (TPSA) is 47.4 Å². The minimum atomic E-state index is 0.0933. The van der Waals surface area contributed by atoms with E-state index in [1.807, 2.05) is 34.6 Å². The Morgan fingerprint density at radius 3 is 2.76 bits per heavy atom. The Hall–Kier alpha value is -2.44. The first kappa shape index (κ1) is 18.6. The fourth-order valence-electron chi connectivity index (χ4n) is 4.44. The van der Waals surface area contributed by atoms with Gasteiger partial charge in [0.05, 0.1) is 11.0 Å². The van der Waals surface area contributed by atoms with Crippen LogP contribution in [0.15, 0.2) is 47.9 Å². The lowest BCUT2D eigenvalue weighted by atomic mass is 10.0. The Labute approximate surface area is 174 Å². The third-order valence-electron chi connectivity index (χ3n) is 5.92. The molecule has 2 aromatic heterocycles. The summed E-state index contributed by atoms with van der Waals surface area (Å²) < 4.78 is 8.37. The zero-order valence-electron chi connectivity index (χ0n) is 16.4. The van der Waals surface area contributed by atoms with E-state index in [4.69, 9.17) is 9.72 Å². The zero-order chi connectivity index (χ0) is 19.6. The summed E-state index contributed by atoms with van der Waals surface area (Å²) in [5.74, 6) is 1.16. The molecular weight excluding hydrogens is 382 g/mol. The first-order valence-corrected chi connectivity index (χ1v) is 11.3. The number of hydrogen-bond donors (Lipinski definition) is 0. The molecule has 2 aliphatic heterocycles. The number of carbonyl (C=O) groups is 1. The summed E-state index contributed by atoms with van der Waals surface area (Å²) in [5.41, 5.74) is 2.22. The molecular formula is C23H25N3O2S. The van der Waals surface area contributed by atoms with Crippen molar-refractivity contribution in [2.75, 3.05) is 19.7 Å². The molecule has 0 saturated carbocycles. The van der Waals surface area contributed by atoms with Crippen LogP contribution >= 0.6 is 11.3 Å². The Balaban J connectivity index is 1.33. The highest BCUT2D eigenvalue weighted by Crippen LogP contribution is 2.35. The van der Waals surface area contributed by atoms with Crippen LogP contribution in [0, 0.1) is 0 Å². The number of para-hydroxylation sites is 2.